The maximum atomic E-state index is 11.8. The first kappa shape index (κ1) is 16.0. The van der Waals surface area contributed by atoms with Crippen molar-refractivity contribution in [2.75, 3.05) is 7.11 Å². The average Bonchev–Trinajstić information content (AvgIpc) is 2.89. The van der Waals surface area contributed by atoms with E-state index in [2.05, 4.69) is 25.2 Å². The number of hydrogen-bond acceptors (Lipinski definition) is 7. The van der Waals surface area contributed by atoms with Gasteiger partial charge in [-0.3, -0.25) is 15.1 Å². The highest BCUT2D eigenvalue weighted by Crippen LogP contribution is 2.25. The summed E-state index contributed by atoms with van der Waals surface area (Å²) in [4.78, 5) is 26.8. The second-order valence-corrected chi connectivity index (χ2v) is 5.65. The molecule has 116 valence electrons. The van der Waals surface area contributed by atoms with Crippen molar-refractivity contribution in [3.05, 3.63) is 24.5 Å². The van der Waals surface area contributed by atoms with Crippen LogP contribution in [-0.4, -0.2) is 44.1 Å². The van der Waals surface area contributed by atoms with Crippen LogP contribution in [0.5, 0.6) is 0 Å². The standard InChI is InChI=1S/C13H15N5O3S/c1-8(11(19)15-13(20)21-3)22-12-17-16-10(18(12)2)9-4-6-14-7-5-9/h4-8H,1-3H3,(H,15,19,20)/t8-/m1/s1. The Hall–Kier alpha value is -2.42. The van der Waals surface area contributed by atoms with Gasteiger partial charge in [0, 0.05) is 25.0 Å². The second-order valence-electron chi connectivity index (χ2n) is 4.34. The average molecular weight is 321 g/mol. The van der Waals surface area contributed by atoms with E-state index in [1.807, 2.05) is 19.2 Å². The Kier molecular flexibility index (Phi) is 5.10. The number of alkyl carbamates (subject to hydrolysis) is 1. The zero-order chi connectivity index (χ0) is 16.1. The predicted octanol–water partition coefficient (Wildman–Crippen LogP) is 1.24. The lowest BCUT2D eigenvalue weighted by Gasteiger charge is -2.10. The van der Waals surface area contributed by atoms with E-state index in [0.717, 1.165) is 5.56 Å². The number of aromatic nitrogens is 4. The maximum Gasteiger partial charge on any atom is 0.413 e. The summed E-state index contributed by atoms with van der Waals surface area (Å²) in [6.45, 7) is 1.67. The predicted molar refractivity (Wildman–Crippen MR) is 80.1 cm³/mol. The maximum absolute atomic E-state index is 11.8. The zero-order valence-corrected chi connectivity index (χ0v) is 13.1. The number of methoxy groups -OCH3 is 1. The van der Waals surface area contributed by atoms with Crippen LogP contribution in [0.25, 0.3) is 11.4 Å². The molecule has 0 radical (unpaired) electrons. The van der Waals surface area contributed by atoms with Crippen molar-refractivity contribution in [1.29, 1.82) is 0 Å². The van der Waals surface area contributed by atoms with E-state index in [-0.39, 0.29) is 0 Å². The van der Waals surface area contributed by atoms with Crippen LogP contribution in [0.15, 0.2) is 29.7 Å². The quantitative estimate of drug-likeness (QED) is 0.846. The first-order valence-electron chi connectivity index (χ1n) is 6.38. The Morgan fingerprint density at radius 3 is 2.64 bits per heavy atom. The first-order valence-corrected chi connectivity index (χ1v) is 7.26. The lowest BCUT2D eigenvalue weighted by atomic mass is 10.2. The van der Waals surface area contributed by atoms with Crippen LogP contribution in [0.2, 0.25) is 0 Å². The number of imide groups is 1. The van der Waals surface area contributed by atoms with Crippen LogP contribution in [0.4, 0.5) is 4.79 Å². The Balaban J connectivity index is 2.10. The van der Waals surface area contributed by atoms with Gasteiger partial charge in [-0.05, 0) is 19.1 Å². The number of amides is 2. The SMILES string of the molecule is COC(=O)NC(=O)[C@@H](C)Sc1nnc(-c2ccncc2)n1C. The minimum Gasteiger partial charge on any atom is -0.453 e. The molecule has 0 aromatic carbocycles. The van der Waals surface area contributed by atoms with E-state index in [0.29, 0.717) is 11.0 Å². The van der Waals surface area contributed by atoms with Crippen molar-refractivity contribution in [2.24, 2.45) is 7.05 Å². The summed E-state index contributed by atoms with van der Waals surface area (Å²) in [5.74, 6) is 0.218. The minimum atomic E-state index is -0.784. The molecule has 8 nitrogen and oxygen atoms in total. The highest BCUT2D eigenvalue weighted by molar-refractivity contribution is 8.00. The second kappa shape index (κ2) is 7.03. The van der Waals surface area contributed by atoms with Gasteiger partial charge in [0.1, 0.15) is 0 Å². The van der Waals surface area contributed by atoms with Gasteiger partial charge in [-0.15, -0.1) is 10.2 Å². The normalized spacial score (nSPS) is 11.8. The molecular weight excluding hydrogens is 306 g/mol. The fourth-order valence-corrected chi connectivity index (χ4v) is 2.45. The molecule has 1 atom stereocenters. The molecule has 1 N–H and O–H groups in total. The Morgan fingerprint density at radius 2 is 2.00 bits per heavy atom. The third kappa shape index (κ3) is 3.61. The number of carbonyl (C=O) groups is 2. The number of pyridine rings is 1. The van der Waals surface area contributed by atoms with Crippen molar-refractivity contribution in [3.8, 4) is 11.4 Å². The molecule has 0 unspecified atom stereocenters. The van der Waals surface area contributed by atoms with Crippen LogP contribution in [0.1, 0.15) is 6.92 Å². The van der Waals surface area contributed by atoms with Gasteiger partial charge in [0.15, 0.2) is 11.0 Å². The number of nitrogens with zero attached hydrogens (tertiary/aromatic N) is 4. The Labute approximate surface area is 131 Å². The van der Waals surface area contributed by atoms with Gasteiger partial charge < -0.3 is 9.30 Å². The minimum absolute atomic E-state index is 0.453. The molecule has 0 saturated carbocycles. The van der Waals surface area contributed by atoms with Crippen molar-refractivity contribution < 1.29 is 14.3 Å². The molecule has 0 saturated heterocycles. The van der Waals surface area contributed by atoms with E-state index in [1.165, 1.54) is 18.9 Å². The molecule has 0 spiro atoms. The van der Waals surface area contributed by atoms with Crippen LogP contribution in [-0.2, 0) is 16.6 Å². The summed E-state index contributed by atoms with van der Waals surface area (Å²) >= 11 is 1.20. The molecule has 0 aliphatic heterocycles. The topological polar surface area (TPSA) is 99.0 Å². The Bertz CT molecular complexity index is 674. The number of hydrogen-bond donors (Lipinski definition) is 1. The summed E-state index contributed by atoms with van der Waals surface area (Å²) in [5.41, 5.74) is 0.878. The van der Waals surface area contributed by atoms with Gasteiger partial charge in [-0.2, -0.15) is 0 Å². The van der Waals surface area contributed by atoms with E-state index >= 15 is 0 Å². The van der Waals surface area contributed by atoms with Gasteiger partial charge in [-0.1, -0.05) is 11.8 Å². The third-order valence-electron chi connectivity index (χ3n) is 2.84. The van der Waals surface area contributed by atoms with Crippen LogP contribution < -0.4 is 5.32 Å². The van der Waals surface area contributed by atoms with E-state index in [1.54, 1.807) is 23.9 Å². The highest BCUT2D eigenvalue weighted by atomic mass is 32.2. The molecule has 2 amide bonds. The van der Waals surface area contributed by atoms with Gasteiger partial charge in [0.2, 0.25) is 5.91 Å². The summed E-state index contributed by atoms with van der Waals surface area (Å²) in [6.07, 6.45) is 2.56. The molecule has 0 bridgehead atoms. The fraction of sp³-hybridized carbons (Fsp3) is 0.308. The van der Waals surface area contributed by atoms with Gasteiger partial charge >= 0.3 is 6.09 Å². The van der Waals surface area contributed by atoms with Gasteiger partial charge in [0.25, 0.3) is 0 Å². The van der Waals surface area contributed by atoms with E-state index in [9.17, 15) is 9.59 Å². The molecular formula is C13H15N5O3S. The molecule has 2 aromatic heterocycles. The molecule has 2 heterocycles. The fourth-order valence-electron chi connectivity index (χ4n) is 1.63. The summed E-state index contributed by atoms with van der Waals surface area (Å²) in [5, 5.41) is 10.4. The van der Waals surface area contributed by atoms with Crippen LogP contribution >= 0.6 is 11.8 Å². The third-order valence-corrected chi connectivity index (χ3v) is 3.97. The summed E-state index contributed by atoms with van der Waals surface area (Å²) in [6, 6.07) is 3.65. The number of nitrogens with one attached hydrogen (secondary N) is 1. The molecule has 9 heteroatoms. The Morgan fingerprint density at radius 1 is 1.32 bits per heavy atom. The monoisotopic (exact) mass is 321 g/mol. The number of carbonyl (C=O) groups excluding carboxylic acids is 2. The highest BCUT2D eigenvalue weighted by Gasteiger charge is 2.21. The first-order chi connectivity index (χ1) is 10.5. The molecule has 22 heavy (non-hydrogen) atoms. The molecule has 0 fully saturated rings. The zero-order valence-electron chi connectivity index (χ0n) is 12.3. The van der Waals surface area contributed by atoms with E-state index < -0.39 is 17.3 Å². The molecule has 2 rings (SSSR count). The van der Waals surface area contributed by atoms with Crippen molar-refractivity contribution >= 4 is 23.8 Å². The van der Waals surface area contributed by atoms with Gasteiger partial charge in [-0.25, -0.2) is 4.79 Å². The molecule has 0 aliphatic rings. The van der Waals surface area contributed by atoms with E-state index in [4.69, 9.17) is 0 Å². The number of ether oxygens (including phenoxy) is 1. The lowest BCUT2D eigenvalue weighted by molar-refractivity contribution is -0.119. The van der Waals surface area contributed by atoms with Crippen molar-refractivity contribution in [1.82, 2.24) is 25.1 Å². The van der Waals surface area contributed by atoms with Crippen LogP contribution in [0.3, 0.4) is 0 Å². The number of rotatable bonds is 4. The lowest BCUT2D eigenvalue weighted by Crippen LogP contribution is -2.35. The van der Waals surface area contributed by atoms with Crippen molar-refractivity contribution in [2.45, 2.75) is 17.3 Å². The van der Waals surface area contributed by atoms with Gasteiger partial charge in [0.05, 0.1) is 12.4 Å². The summed E-state index contributed by atoms with van der Waals surface area (Å²) < 4.78 is 6.17. The summed E-state index contributed by atoms with van der Waals surface area (Å²) in [7, 11) is 3.01. The van der Waals surface area contributed by atoms with Crippen molar-refractivity contribution in [3.63, 3.8) is 0 Å². The smallest absolute Gasteiger partial charge is 0.413 e. The molecule has 0 aliphatic carbocycles. The largest absolute Gasteiger partial charge is 0.453 e. The van der Waals surface area contributed by atoms with Crippen LogP contribution in [0, 0.1) is 0 Å². The molecule has 2 aromatic rings. The number of thioether (sulfide) groups is 1.